The number of hydrogen-bond acceptors (Lipinski definition) is 2. The number of aliphatic hydroxyl groups excluding tert-OH is 1. The normalized spacial score (nSPS) is 29.6. The molecule has 2 heteroatoms. The molecule has 0 heterocycles. The number of rotatable bonds is 1. The molecule has 3 N–H and O–H groups in total. The first-order valence-electron chi connectivity index (χ1n) is 2.59. The van der Waals surface area contributed by atoms with Crippen molar-refractivity contribution in [3.05, 3.63) is 0 Å². The summed E-state index contributed by atoms with van der Waals surface area (Å²) >= 11 is 0. The molecule has 1 saturated carbocycles. The van der Waals surface area contributed by atoms with Crippen LogP contribution in [0.5, 0.6) is 0 Å². The fourth-order valence-electron chi connectivity index (χ4n) is 0.493. The van der Waals surface area contributed by atoms with E-state index in [1.54, 1.807) is 0 Å². The lowest BCUT2D eigenvalue weighted by Gasteiger charge is -2.09. The number of nitrogens with two attached hydrogens (primary N) is 1. The molecule has 0 aromatic heterocycles. The van der Waals surface area contributed by atoms with E-state index in [0.717, 1.165) is 12.8 Å². The summed E-state index contributed by atoms with van der Waals surface area (Å²) in [5, 5.41) is 8.73. The maximum atomic E-state index is 8.73. The van der Waals surface area contributed by atoms with Crippen LogP contribution >= 0.6 is 0 Å². The summed E-state index contributed by atoms with van der Waals surface area (Å²) in [7, 11) is 0. The Morgan fingerprint density at radius 2 is 2.14 bits per heavy atom. The summed E-state index contributed by atoms with van der Waals surface area (Å²) in [5.74, 6) is 0. The molecule has 1 rings (SSSR count). The topological polar surface area (TPSA) is 46.2 Å². The SMILES string of the molecule is CC1(C(N)O)CC1. The first kappa shape index (κ1) is 5.06. The molecule has 1 atom stereocenters. The van der Waals surface area contributed by atoms with E-state index in [-0.39, 0.29) is 5.41 Å². The van der Waals surface area contributed by atoms with Crippen LogP contribution in [0, 0.1) is 5.41 Å². The van der Waals surface area contributed by atoms with Gasteiger partial charge in [-0.05, 0) is 12.8 Å². The second kappa shape index (κ2) is 1.20. The minimum Gasteiger partial charge on any atom is -0.378 e. The fraction of sp³-hybridized carbons (Fsp3) is 1.00. The van der Waals surface area contributed by atoms with E-state index in [4.69, 9.17) is 10.8 Å². The van der Waals surface area contributed by atoms with Crippen LogP contribution in [-0.4, -0.2) is 11.3 Å². The van der Waals surface area contributed by atoms with Crippen molar-refractivity contribution in [3.63, 3.8) is 0 Å². The van der Waals surface area contributed by atoms with Gasteiger partial charge >= 0.3 is 0 Å². The van der Waals surface area contributed by atoms with E-state index >= 15 is 0 Å². The third kappa shape index (κ3) is 0.763. The van der Waals surface area contributed by atoms with Crippen molar-refractivity contribution in [2.75, 3.05) is 0 Å². The van der Waals surface area contributed by atoms with Crippen LogP contribution in [0.3, 0.4) is 0 Å². The molecule has 42 valence electrons. The van der Waals surface area contributed by atoms with E-state index in [2.05, 4.69) is 0 Å². The molecule has 0 spiro atoms. The molecule has 0 amide bonds. The molecule has 0 bridgehead atoms. The third-order valence-electron chi connectivity index (χ3n) is 1.75. The Morgan fingerprint density at radius 3 is 2.14 bits per heavy atom. The van der Waals surface area contributed by atoms with Gasteiger partial charge in [0.1, 0.15) is 6.23 Å². The van der Waals surface area contributed by atoms with Crippen molar-refractivity contribution in [1.29, 1.82) is 0 Å². The molecule has 0 aromatic carbocycles. The maximum Gasteiger partial charge on any atom is 0.107 e. The van der Waals surface area contributed by atoms with Crippen LogP contribution in [0.25, 0.3) is 0 Å². The van der Waals surface area contributed by atoms with Crippen molar-refractivity contribution >= 4 is 0 Å². The van der Waals surface area contributed by atoms with Crippen LogP contribution in [0.2, 0.25) is 0 Å². The predicted octanol–water partition coefficient (Wildman–Crippen LogP) is 0.0636. The highest BCUT2D eigenvalue weighted by atomic mass is 16.3. The minimum atomic E-state index is -0.590. The predicted molar refractivity (Wildman–Crippen MR) is 27.5 cm³/mol. The Kier molecular flexibility index (Phi) is 0.869. The Morgan fingerprint density at radius 1 is 1.71 bits per heavy atom. The van der Waals surface area contributed by atoms with Crippen LogP contribution in [0.15, 0.2) is 0 Å². The van der Waals surface area contributed by atoms with Gasteiger partial charge in [-0.15, -0.1) is 0 Å². The Bertz CT molecular complexity index is 76.1. The highest BCUT2D eigenvalue weighted by Crippen LogP contribution is 2.46. The van der Waals surface area contributed by atoms with Gasteiger partial charge in [-0.3, -0.25) is 0 Å². The molecule has 2 nitrogen and oxygen atoms in total. The molecule has 1 unspecified atom stereocenters. The summed E-state index contributed by atoms with van der Waals surface area (Å²) in [4.78, 5) is 0. The van der Waals surface area contributed by atoms with Crippen molar-refractivity contribution in [1.82, 2.24) is 0 Å². The van der Waals surface area contributed by atoms with Crippen LogP contribution in [0.4, 0.5) is 0 Å². The molecule has 0 saturated heterocycles. The van der Waals surface area contributed by atoms with E-state index in [1.807, 2.05) is 6.92 Å². The number of aliphatic hydroxyl groups is 1. The zero-order chi connectivity index (χ0) is 5.49. The second-order valence-corrected chi connectivity index (χ2v) is 2.60. The number of hydrogen-bond donors (Lipinski definition) is 2. The van der Waals surface area contributed by atoms with E-state index in [0.29, 0.717) is 0 Å². The summed E-state index contributed by atoms with van der Waals surface area (Å²) in [5.41, 5.74) is 5.27. The van der Waals surface area contributed by atoms with E-state index in [1.165, 1.54) is 0 Å². The van der Waals surface area contributed by atoms with Crippen LogP contribution < -0.4 is 5.73 Å². The monoisotopic (exact) mass is 101 g/mol. The largest absolute Gasteiger partial charge is 0.378 e. The van der Waals surface area contributed by atoms with Gasteiger partial charge in [-0.25, -0.2) is 0 Å². The molecule has 1 fully saturated rings. The van der Waals surface area contributed by atoms with E-state index in [9.17, 15) is 0 Å². The van der Waals surface area contributed by atoms with Gasteiger partial charge in [0, 0.05) is 5.41 Å². The fourth-order valence-corrected chi connectivity index (χ4v) is 0.493. The summed E-state index contributed by atoms with van der Waals surface area (Å²) in [6.07, 6.45) is 1.59. The molecule has 1 aliphatic rings. The smallest absolute Gasteiger partial charge is 0.107 e. The Labute approximate surface area is 43.3 Å². The Hall–Kier alpha value is -0.0800. The standard InChI is InChI=1S/C5H11NO/c1-5(2-3-5)4(6)7/h4,7H,2-3,6H2,1H3. The van der Waals surface area contributed by atoms with Gasteiger partial charge in [0.05, 0.1) is 0 Å². The quantitative estimate of drug-likeness (QED) is 0.459. The first-order valence-corrected chi connectivity index (χ1v) is 2.59. The van der Waals surface area contributed by atoms with Crippen molar-refractivity contribution in [3.8, 4) is 0 Å². The maximum absolute atomic E-state index is 8.73. The van der Waals surface area contributed by atoms with E-state index < -0.39 is 6.23 Å². The average molecular weight is 101 g/mol. The zero-order valence-corrected chi connectivity index (χ0v) is 4.52. The molecule has 1 aliphatic carbocycles. The van der Waals surface area contributed by atoms with Gasteiger partial charge in [-0.1, -0.05) is 6.92 Å². The highest BCUT2D eigenvalue weighted by Gasteiger charge is 2.42. The summed E-state index contributed by atoms with van der Waals surface area (Å²) in [6, 6.07) is 0. The van der Waals surface area contributed by atoms with Crippen LogP contribution in [0.1, 0.15) is 19.8 Å². The van der Waals surface area contributed by atoms with Crippen molar-refractivity contribution < 1.29 is 5.11 Å². The van der Waals surface area contributed by atoms with Crippen LogP contribution in [-0.2, 0) is 0 Å². The summed E-state index contributed by atoms with van der Waals surface area (Å²) in [6.45, 7) is 2.00. The summed E-state index contributed by atoms with van der Waals surface area (Å²) < 4.78 is 0. The third-order valence-corrected chi connectivity index (χ3v) is 1.75. The lowest BCUT2D eigenvalue weighted by Crippen LogP contribution is -2.28. The molecule has 0 aromatic rings. The minimum absolute atomic E-state index is 0.0833. The van der Waals surface area contributed by atoms with Gasteiger partial charge in [0.2, 0.25) is 0 Å². The second-order valence-electron chi connectivity index (χ2n) is 2.60. The van der Waals surface area contributed by atoms with Crippen molar-refractivity contribution in [2.45, 2.75) is 26.0 Å². The Balaban J connectivity index is 2.39. The average Bonchev–Trinajstić information content (AvgIpc) is 2.21. The zero-order valence-electron chi connectivity index (χ0n) is 4.52. The molecular formula is C5H11NO. The van der Waals surface area contributed by atoms with Gasteiger partial charge in [-0.2, -0.15) is 0 Å². The highest BCUT2D eigenvalue weighted by molar-refractivity contribution is 4.91. The van der Waals surface area contributed by atoms with Crippen molar-refractivity contribution in [2.24, 2.45) is 11.1 Å². The molecule has 0 aliphatic heterocycles. The van der Waals surface area contributed by atoms with Gasteiger partial charge in [0.25, 0.3) is 0 Å². The molecular weight excluding hydrogens is 90.1 g/mol. The first-order chi connectivity index (χ1) is 3.15. The lowest BCUT2D eigenvalue weighted by atomic mass is 10.1. The lowest BCUT2D eigenvalue weighted by molar-refractivity contribution is 0.110. The molecule has 7 heavy (non-hydrogen) atoms. The van der Waals surface area contributed by atoms with Gasteiger partial charge < -0.3 is 10.8 Å². The van der Waals surface area contributed by atoms with Gasteiger partial charge in [0.15, 0.2) is 0 Å². The molecule has 0 radical (unpaired) electrons.